The molecule has 0 aromatic heterocycles. The standard InChI is InChI=1S/C17H23FO2/c1-13-11-15(18)8-7-14(13)12-17(16(19)20)9-5-3-2-4-6-10-17/h7-8,11H,2-6,9-10,12H2,1H3,(H,19,20). The van der Waals surface area contributed by atoms with Crippen molar-refractivity contribution >= 4 is 5.97 Å². The van der Waals surface area contributed by atoms with Crippen LogP contribution in [0.25, 0.3) is 0 Å². The second-order valence-electron chi connectivity index (χ2n) is 6.10. The maximum atomic E-state index is 13.2. The Bertz CT molecular complexity index is 474. The number of carbonyl (C=O) groups is 1. The Balaban J connectivity index is 2.25. The summed E-state index contributed by atoms with van der Waals surface area (Å²) in [5.74, 6) is -0.948. The highest BCUT2D eigenvalue weighted by Gasteiger charge is 2.38. The molecule has 1 fully saturated rings. The topological polar surface area (TPSA) is 37.3 Å². The third kappa shape index (κ3) is 3.38. The van der Waals surface area contributed by atoms with Gasteiger partial charge in [0.1, 0.15) is 5.82 Å². The molecule has 3 heteroatoms. The van der Waals surface area contributed by atoms with Crippen LogP contribution in [0.2, 0.25) is 0 Å². The lowest BCUT2D eigenvalue weighted by Gasteiger charge is -2.32. The number of halogens is 1. The molecule has 0 atom stereocenters. The summed E-state index contributed by atoms with van der Waals surface area (Å²) in [6, 6.07) is 4.67. The van der Waals surface area contributed by atoms with Crippen LogP contribution >= 0.6 is 0 Å². The van der Waals surface area contributed by atoms with E-state index in [0.717, 1.165) is 49.7 Å². The van der Waals surface area contributed by atoms with E-state index < -0.39 is 11.4 Å². The molecule has 1 aromatic rings. The molecule has 0 aliphatic heterocycles. The average molecular weight is 278 g/mol. The maximum absolute atomic E-state index is 13.2. The Kier molecular flexibility index (Phi) is 4.79. The largest absolute Gasteiger partial charge is 0.481 e. The Morgan fingerprint density at radius 1 is 1.20 bits per heavy atom. The van der Waals surface area contributed by atoms with Crippen LogP contribution in [0.15, 0.2) is 18.2 Å². The zero-order valence-electron chi connectivity index (χ0n) is 12.1. The van der Waals surface area contributed by atoms with Crippen molar-refractivity contribution in [2.24, 2.45) is 5.41 Å². The lowest BCUT2D eigenvalue weighted by molar-refractivity contribution is -0.150. The fraction of sp³-hybridized carbons (Fsp3) is 0.588. The molecule has 0 unspecified atom stereocenters. The van der Waals surface area contributed by atoms with Crippen LogP contribution in [-0.2, 0) is 11.2 Å². The van der Waals surface area contributed by atoms with Crippen molar-refractivity contribution in [3.63, 3.8) is 0 Å². The van der Waals surface area contributed by atoms with E-state index in [2.05, 4.69) is 0 Å². The lowest BCUT2D eigenvalue weighted by Crippen LogP contribution is -2.34. The molecule has 1 aliphatic rings. The van der Waals surface area contributed by atoms with Gasteiger partial charge in [-0.1, -0.05) is 38.2 Å². The number of carboxylic acid groups (broad SMARTS) is 1. The van der Waals surface area contributed by atoms with Gasteiger partial charge in [-0.2, -0.15) is 0 Å². The molecule has 2 rings (SSSR count). The first kappa shape index (κ1) is 15.0. The van der Waals surface area contributed by atoms with Gasteiger partial charge in [-0.15, -0.1) is 0 Å². The van der Waals surface area contributed by atoms with E-state index in [1.807, 2.05) is 6.92 Å². The van der Waals surface area contributed by atoms with Gasteiger partial charge >= 0.3 is 5.97 Å². The van der Waals surface area contributed by atoms with Gasteiger partial charge in [-0.3, -0.25) is 4.79 Å². The maximum Gasteiger partial charge on any atom is 0.309 e. The third-order valence-electron chi connectivity index (χ3n) is 4.60. The summed E-state index contributed by atoms with van der Waals surface area (Å²) in [6.07, 6.45) is 7.41. The number of hydrogen-bond acceptors (Lipinski definition) is 1. The quantitative estimate of drug-likeness (QED) is 0.884. The minimum absolute atomic E-state index is 0.256. The molecule has 0 spiro atoms. The SMILES string of the molecule is Cc1cc(F)ccc1CC1(C(=O)O)CCCCCCC1. The number of rotatable bonds is 3. The number of benzene rings is 1. The van der Waals surface area contributed by atoms with Crippen LogP contribution in [0.4, 0.5) is 4.39 Å². The number of carboxylic acids is 1. The van der Waals surface area contributed by atoms with Gasteiger partial charge in [0.2, 0.25) is 0 Å². The Hall–Kier alpha value is -1.38. The van der Waals surface area contributed by atoms with Gasteiger partial charge in [0.25, 0.3) is 0 Å². The molecule has 20 heavy (non-hydrogen) atoms. The molecule has 1 saturated carbocycles. The smallest absolute Gasteiger partial charge is 0.309 e. The monoisotopic (exact) mass is 278 g/mol. The second kappa shape index (κ2) is 6.38. The third-order valence-corrected chi connectivity index (χ3v) is 4.60. The van der Waals surface area contributed by atoms with Crippen molar-refractivity contribution in [1.29, 1.82) is 0 Å². The highest BCUT2D eigenvalue weighted by molar-refractivity contribution is 5.75. The predicted molar refractivity (Wildman–Crippen MR) is 77.2 cm³/mol. The molecule has 1 N–H and O–H groups in total. The van der Waals surface area contributed by atoms with E-state index in [1.165, 1.54) is 18.6 Å². The first-order valence-corrected chi connectivity index (χ1v) is 7.52. The van der Waals surface area contributed by atoms with E-state index in [1.54, 1.807) is 6.07 Å². The summed E-state index contributed by atoms with van der Waals surface area (Å²) in [6.45, 7) is 1.86. The van der Waals surface area contributed by atoms with E-state index in [-0.39, 0.29) is 5.82 Å². The van der Waals surface area contributed by atoms with E-state index in [0.29, 0.717) is 6.42 Å². The highest BCUT2D eigenvalue weighted by Crippen LogP contribution is 2.38. The second-order valence-corrected chi connectivity index (χ2v) is 6.10. The van der Waals surface area contributed by atoms with E-state index >= 15 is 0 Å². The Labute approximate surface area is 120 Å². The summed E-state index contributed by atoms with van der Waals surface area (Å²) in [5.41, 5.74) is 1.16. The summed E-state index contributed by atoms with van der Waals surface area (Å²) in [7, 11) is 0. The summed E-state index contributed by atoms with van der Waals surface area (Å²) in [5, 5.41) is 9.74. The molecule has 1 aromatic carbocycles. The molecule has 0 amide bonds. The normalized spacial score (nSPS) is 19.1. The number of aryl methyl sites for hydroxylation is 1. The number of hydrogen-bond donors (Lipinski definition) is 1. The van der Waals surface area contributed by atoms with Crippen molar-refractivity contribution in [2.75, 3.05) is 0 Å². The van der Waals surface area contributed by atoms with Gasteiger partial charge in [0.05, 0.1) is 5.41 Å². The van der Waals surface area contributed by atoms with Crippen LogP contribution in [0.5, 0.6) is 0 Å². The summed E-state index contributed by atoms with van der Waals surface area (Å²) in [4.78, 5) is 11.8. The molecular formula is C17H23FO2. The summed E-state index contributed by atoms with van der Waals surface area (Å²) < 4.78 is 13.2. The zero-order valence-corrected chi connectivity index (χ0v) is 12.1. The van der Waals surface area contributed by atoms with Gasteiger partial charge in [-0.05, 0) is 49.4 Å². The van der Waals surface area contributed by atoms with Crippen LogP contribution in [0.3, 0.4) is 0 Å². The number of aliphatic carboxylic acids is 1. The van der Waals surface area contributed by atoms with E-state index in [4.69, 9.17) is 0 Å². The van der Waals surface area contributed by atoms with Gasteiger partial charge in [0.15, 0.2) is 0 Å². The lowest BCUT2D eigenvalue weighted by atomic mass is 9.72. The summed E-state index contributed by atoms with van der Waals surface area (Å²) >= 11 is 0. The van der Waals surface area contributed by atoms with E-state index in [9.17, 15) is 14.3 Å². The van der Waals surface area contributed by atoms with Crippen molar-refractivity contribution < 1.29 is 14.3 Å². The molecular weight excluding hydrogens is 255 g/mol. The highest BCUT2D eigenvalue weighted by atomic mass is 19.1. The van der Waals surface area contributed by atoms with Crippen LogP contribution in [0, 0.1) is 18.2 Å². The molecule has 1 aliphatic carbocycles. The fourth-order valence-corrected chi connectivity index (χ4v) is 3.27. The molecule has 2 nitrogen and oxygen atoms in total. The van der Waals surface area contributed by atoms with Crippen molar-refractivity contribution in [2.45, 2.75) is 58.3 Å². The molecule has 0 heterocycles. The Morgan fingerprint density at radius 2 is 1.80 bits per heavy atom. The van der Waals surface area contributed by atoms with Crippen LogP contribution in [-0.4, -0.2) is 11.1 Å². The molecule has 0 saturated heterocycles. The van der Waals surface area contributed by atoms with Gasteiger partial charge < -0.3 is 5.11 Å². The fourth-order valence-electron chi connectivity index (χ4n) is 3.27. The minimum Gasteiger partial charge on any atom is -0.481 e. The molecule has 110 valence electrons. The molecule has 0 bridgehead atoms. The van der Waals surface area contributed by atoms with Gasteiger partial charge in [-0.25, -0.2) is 4.39 Å². The minimum atomic E-state index is -0.692. The average Bonchev–Trinajstić information content (AvgIpc) is 2.35. The zero-order chi connectivity index (χ0) is 14.6. The first-order valence-electron chi connectivity index (χ1n) is 7.52. The van der Waals surface area contributed by atoms with Crippen molar-refractivity contribution in [3.8, 4) is 0 Å². The van der Waals surface area contributed by atoms with Crippen molar-refractivity contribution in [1.82, 2.24) is 0 Å². The van der Waals surface area contributed by atoms with Gasteiger partial charge in [0, 0.05) is 0 Å². The van der Waals surface area contributed by atoms with Crippen LogP contribution < -0.4 is 0 Å². The van der Waals surface area contributed by atoms with Crippen molar-refractivity contribution in [3.05, 3.63) is 35.1 Å². The first-order chi connectivity index (χ1) is 9.53. The van der Waals surface area contributed by atoms with Crippen LogP contribution in [0.1, 0.15) is 56.1 Å². The molecule has 0 radical (unpaired) electrons. The Morgan fingerprint density at radius 3 is 2.35 bits per heavy atom. The predicted octanol–water partition coefficient (Wildman–Crippen LogP) is 4.49.